The van der Waals surface area contributed by atoms with Crippen LogP contribution in [0.5, 0.6) is 0 Å². The van der Waals surface area contributed by atoms with Crippen LogP contribution in [0.4, 0.5) is 0 Å². The number of azide groups is 1. The Hall–Kier alpha value is -1.55. The van der Waals surface area contributed by atoms with Gasteiger partial charge in [-0.1, -0.05) is 43.2 Å². The smallest absolute Gasteiger partial charge is 0.105 e. The van der Waals surface area contributed by atoms with Gasteiger partial charge in [-0.15, -0.1) is 0 Å². The molecule has 104 valence electrons. The SMILES string of the molecule is CC(C)Cc1ccc(C(O)C(O)CCN=[N+]=[N-])cc1. The van der Waals surface area contributed by atoms with E-state index >= 15 is 0 Å². The molecule has 2 unspecified atom stereocenters. The molecule has 1 aromatic carbocycles. The molecule has 0 saturated heterocycles. The van der Waals surface area contributed by atoms with Crippen molar-refractivity contribution in [2.45, 2.75) is 38.9 Å². The number of nitrogens with zero attached hydrogens (tertiary/aromatic N) is 3. The lowest BCUT2D eigenvalue weighted by Crippen LogP contribution is -2.19. The second-order valence-corrected chi connectivity index (χ2v) is 5.09. The fraction of sp³-hybridized carbons (Fsp3) is 0.571. The van der Waals surface area contributed by atoms with Crippen molar-refractivity contribution in [3.05, 3.63) is 45.8 Å². The van der Waals surface area contributed by atoms with Gasteiger partial charge in [-0.2, -0.15) is 0 Å². The summed E-state index contributed by atoms with van der Waals surface area (Å²) < 4.78 is 0. The van der Waals surface area contributed by atoms with Gasteiger partial charge in [0.15, 0.2) is 0 Å². The molecule has 5 heteroatoms. The van der Waals surface area contributed by atoms with E-state index in [9.17, 15) is 10.2 Å². The molecular weight excluding hydrogens is 242 g/mol. The molecule has 5 nitrogen and oxygen atoms in total. The van der Waals surface area contributed by atoms with E-state index in [0.29, 0.717) is 11.5 Å². The third kappa shape index (κ3) is 5.30. The van der Waals surface area contributed by atoms with Gasteiger partial charge in [0.05, 0.1) is 6.10 Å². The van der Waals surface area contributed by atoms with Crippen LogP contribution in [0.15, 0.2) is 29.4 Å². The summed E-state index contributed by atoms with van der Waals surface area (Å²) in [5.74, 6) is 0.588. The summed E-state index contributed by atoms with van der Waals surface area (Å²) in [5.41, 5.74) is 10.0. The van der Waals surface area contributed by atoms with Crippen LogP contribution in [0.3, 0.4) is 0 Å². The van der Waals surface area contributed by atoms with Crippen molar-refractivity contribution in [1.82, 2.24) is 0 Å². The van der Waals surface area contributed by atoms with E-state index in [4.69, 9.17) is 5.53 Å². The number of rotatable bonds is 7. The van der Waals surface area contributed by atoms with Crippen LogP contribution in [0.2, 0.25) is 0 Å². The van der Waals surface area contributed by atoms with E-state index in [1.54, 1.807) is 0 Å². The zero-order chi connectivity index (χ0) is 14.3. The van der Waals surface area contributed by atoms with E-state index in [1.165, 1.54) is 5.56 Å². The first-order chi connectivity index (χ1) is 9.04. The molecule has 0 amide bonds. The van der Waals surface area contributed by atoms with Crippen molar-refractivity contribution >= 4 is 0 Å². The summed E-state index contributed by atoms with van der Waals surface area (Å²) in [6.07, 6.45) is -0.613. The highest BCUT2D eigenvalue weighted by Gasteiger charge is 2.17. The second-order valence-electron chi connectivity index (χ2n) is 5.09. The zero-order valence-electron chi connectivity index (χ0n) is 11.4. The first-order valence-electron chi connectivity index (χ1n) is 6.50. The minimum absolute atomic E-state index is 0.181. The molecule has 0 fully saturated rings. The molecule has 0 aromatic heterocycles. The first-order valence-corrected chi connectivity index (χ1v) is 6.50. The van der Waals surface area contributed by atoms with E-state index in [1.807, 2.05) is 24.3 Å². The summed E-state index contributed by atoms with van der Waals surface area (Å²) >= 11 is 0. The molecule has 0 spiro atoms. The Kier molecular flexibility index (Phi) is 6.36. The van der Waals surface area contributed by atoms with Gasteiger partial charge in [0.2, 0.25) is 0 Å². The largest absolute Gasteiger partial charge is 0.390 e. The molecule has 1 rings (SSSR count). The highest BCUT2D eigenvalue weighted by atomic mass is 16.3. The zero-order valence-corrected chi connectivity index (χ0v) is 11.4. The lowest BCUT2D eigenvalue weighted by Gasteiger charge is -2.17. The van der Waals surface area contributed by atoms with E-state index in [2.05, 4.69) is 23.9 Å². The lowest BCUT2D eigenvalue weighted by atomic mass is 9.98. The van der Waals surface area contributed by atoms with E-state index in [0.717, 1.165) is 6.42 Å². The van der Waals surface area contributed by atoms with Gasteiger partial charge in [-0.25, -0.2) is 0 Å². The van der Waals surface area contributed by atoms with Crippen molar-refractivity contribution < 1.29 is 10.2 Å². The average molecular weight is 263 g/mol. The number of aliphatic hydroxyl groups excluding tert-OH is 2. The Labute approximate surface area is 113 Å². The molecule has 0 saturated carbocycles. The van der Waals surface area contributed by atoms with Crippen LogP contribution in [-0.4, -0.2) is 22.9 Å². The summed E-state index contributed by atoms with van der Waals surface area (Å²) in [4.78, 5) is 2.61. The van der Waals surface area contributed by atoms with Crippen molar-refractivity contribution in [1.29, 1.82) is 0 Å². The molecule has 0 aliphatic heterocycles. The Morgan fingerprint density at radius 2 is 1.84 bits per heavy atom. The normalized spacial score (nSPS) is 13.9. The summed E-state index contributed by atoms with van der Waals surface area (Å²) in [5, 5.41) is 23.1. The highest BCUT2D eigenvalue weighted by Crippen LogP contribution is 2.20. The van der Waals surface area contributed by atoms with Gasteiger partial charge in [-0.05, 0) is 35.4 Å². The molecule has 0 bridgehead atoms. The average Bonchev–Trinajstić information content (AvgIpc) is 2.38. The van der Waals surface area contributed by atoms with E-state index in [-0.39, 0.29) is 13.0 Å². The fourth-order valence-electron chi connectivity index (χ4n) is 1.94. The third-order valence-electron chi connectivity index (χ3n) is 2.92. The fourth-order valence-corrected chi connectivity index (χ4v) is 1.94. The van der Waals surface area contributed by atoms with Crippen molar-refractivity contribution in [3.8, 4) is 0 Å². The number of benzene rings is 1. The van der Waals surface area contributed by atoms with Gasteiger partial charge >= 0.3 is 0 Å². The Morgan fingerprint density at radius 3 is 2.37 bits per heavy atom. The molecule has 0 aliphatic rings. The summed E-state index contributed by atoms with van der Waals surface area (Å²) in [6, 6.07) is 7.61. The summed E-state index contributed by atoms with van der Waals surface area (Å²) in [7, 11) is 0. The quantitative estimate of drug-likeness (QED) is 0.450. The predicted molar refractivity (Wildman–Crippen MR) is 74.6 cm³/mol. The molecule has 2 N–H and O–H groups in total. The standard InChI is InChI=1S/C14H21N3O2/c1-10(2)9-11-3-5-12(6-4-11)14(19)13(18)7-8-16-17-15/h3-6,10,13-14,18-19H,7-9H2,1-2H3. The number of aliphatic hydroxyl groups is 2. The molecule has 0 radical (unpaired) electrons. The highest BCUT2D eigenvalue weighted by molar-refractivity contribution is 5.25. The van der Waals surface area contributed by atoms with Crippen LogP contribution in [-0.2, 0) is 6.42 Å². The third-order valence-corrected chi connectivity index (χ3v) is 2.92. The van der Waals surface area contributed by atoms with Crippen molar-refractivity contribution in [2.24, 2.45) is 11.0 Å². The van der Waals surface area contributed by atoms with Crippen LogP contribution >= 0.6 is 0 Å². The lowest BCUT2D eigenvalue weighted by molar-refractivity contribution is 0.0150. The maximum atomic E-state index is 9.98. The monoisotopic (exact) mass is 263 g/mol. The van der Waals surface area contributed by atoms with Gasteiger partial charge in [0, 0.05) is 11.5 Å². The molecule has 0 aliphatic carbocycles. The topological polar surface area (TPSA) is 89.2 Å². The first kappa shape index (κ1) is 15.5. The Bertz CT molecular complexity index is 425. The van der Waals surface area contributed by atoms with Gasteiger partial charge in [-0.3, -0.25) is 0 Å². The summed E-state index contributed by atoms with van der Waals surface area (Å²) in [6.45, 7) is 4.49. The number of hydrogen-bond donors (Lipinski definition) is 2. The van der Waals surface area contributed by atoms with Crippen LogP contribution in [0, 0.1) is 5.92 Å². The molecular formula is C14H21N3O2. The van der Waals surface area contributed by atoms with Gasteiger partial charge in [0.1, 0.15) is 6.10 Å². The second kappa shape index (κ2) is 7.79. The van der Waals surface area contributed by atoms with Crippen molar-refractivity contribution in [3.63, 3.8) is 0 Å². The molecule has 1 aromatic rings. The predicted octanol–water partition coefficient (Wildman–Crippen LogP) is 2.98. The maximum absolute atomic E-state index is 9.98. The molecule has 19 heavy (non-hydrogen) atoms. The number of hydrogen-bond acceptors (Lipinski definition) is 3. The van der Waals surface area contributed by atoms with Crippen LogP contribution in [0.1, 0.15) is 37.5 Å². The van der Waals surface area contributed by atoms with E-state index < -0.39 is 12.2 Å². The minimum atomic E-state index is -0.943. The van der Waals surface area contributed by atoms with Gasteiger partial charge < -0.3 is 10.2 Å². The minimum Gasteiger partial charge on any atom is -0.390 e. The molecule has 0 heterocycles. The maximum Gasteiger partial charge on any atom is 0.105 e. The Morgan fingerprint density at radius 1 is 1.21 bits per heavy atom. The van der Waals surface area contributed by atoms with Crippen LogP contribution < -0.4 is 0 Å². The molecule has 2 atom stereocenters. The van der Waals surface area contributed by atoms with Crippen LogP contribution in [0.25, 0.3) is 10.4 Å². The van der Waals surface area contributed by atoms with Gasteiger partial charge in [0.25, 0.3) is 0 Å². The van der Waals surface area contributed by atoms with Crippen molar-refractivity contribution in [2.75, 3.05) is 6.54 Å². The Balaban J connectivity index is 2.61.